The Labute approximate surface area is 140 Å². The van der Waals surface area contributed by atoms with Crippen LogP contribution in [0.4, 0.5) is 0 Å². The third-order valence-corrected chi connectivity index (χ3v) is 4.49. The van der Waals surface area contributed by atoms with E-state index in [0.29, 0.717) is 6.61 Å². The standard InChI is InChI=1S/C20H42O2/c1-3-5-6-7-8-9-10-11-12-13-14-15-16-17-18-20(19-21)22-4-2/h20-21H,3-19H2,1-2H3. The van der Waals surface area contributed by atoms with Crippen LogP contribution in [0.2, 0.25) is 0 Å². The lowest BCUT2D eigenvalue weighted by atomic mass is 10.0. The molecule has 0 aromatic carbocycles. The van der Waals surface area contributed by atoms with E-state index in [9.17, 15) is 0 Å². The highest BCUT2D eigenvalue weighted by Gasteiger charge is 2.05. The van der Waals surface area contributed by atoms with Gasteiger partial charge in [-0.2, -0.15) is 0 Å². The zero-order valence-corrected chi connectivity index (χ0v) is 15.5. The number of aliphatic hydroxyl groups excluding tert-OH is 1. The Kier molecular flexibility index (Phi) is 18.9. The molecule has 0 heterocycles. The first-order chi connectivity index (χ1) is 10.8. The van der Waals surface area contributed by atoms with Crippen molar-refractivity contribution < 1.29 is 9.84 Å². The van der Waals surface area contributed by atoms with Crippen LogP contribution in [0.15, 0.2) is 0 Å². The summed E-state index contributed by atoms with van der Waals surface area (Å²) in [5, 5.41) is 9.14. The van der Waals surface area contributed by atoms with Gasteiger partial charge in [-0.3, -0.25) is 0 Å². The first kappa shape index (κ1) is 21.9. The summed E-state index contributed by atoms with van der Waals surface area (Å²) in [7, 11) is 0. The molecule has 2 heteroatoms. The fourth-order valence-electron chi connectivity index (χ4n) is 3.03. The van der Waals surface area contributed by atoms with Crippen LogP contribution in [-0.4, -0.2) is 24.4 Å². The summed E-state index contributed by atoms with van der Waals surface area (Å²) in [4.78, 5) is 0. The van der Waals surface area contributed by atoms with E-state index in [2.05, 4.69) is 6.92 Å². The first-order valence-corrected chi connectivity index (χ1v) is 10.1. The monoisotopic (exact) mass is 314 g/mol. The van der Waals surface area contributed by atoms with Gasteiger partial charge in [0.1, 0.15) is 0 Å². The highest BCUT2D eigenvalue weighted by molar-refractivity contribution is 4.56. The minimum Gasteiger partial charge on any atom is -0.394 e. The van der Waals surface area contributed by atoms with Gasteiger partial charge in [0, 0.05) is 6.61 Å². The Bertz CT molecular complexity index is 194. The van der Waals surface area contributed by atoms with Crippen LogP contribution in [0, 0.1) is 0 Å². The molecule has 134 valence electrons. The van der Waals surface area contributed by atoms with Crippen LogP contribution < -0.4 is 0 Å². The van der Waals surface area contributed by atoms with E-state index in [-0.39, 0.29) is 12.7 Å². The van der Waals surface area contributed by atoms with E-state index in [4.69, 9.17) is 9.84 Å². The normalized spacial score (nSPS) is 12.7. The van der Waals surface area contributed by atoms with Crippen molar-refractivity contribution in [3.63, 3.8) is 0 Å². The zero-order chi connectivity index (χ0) is 16.3. The van der Waals surface area contributed by atoms with E-state index in [0.717, 1.165) is 6.42 Å². The van der Waals surface area contributed by atoms with Gasteiger partial charge in [0.25, 0.3) is 0 Å². The second-order valence-corrected chi connectivity index (χ2v) is 6.64. The van der Waals surface area contributed by atoms with E-state index >= 15 is 0 Å². The SMILES string of the molecule is CCCCCCCCCCCCCCCCC(CO)OCC. The van der Waals surface area contributed by atoms with Crippen molar-refractivity contribution in [2.75, 3.05) is 13.2 Å². The zero-order valence-electron chi connectivity index (χ0n) is 15.5. The van der Waals surface area contributed by atoms with E-state index < -0.39 is 0 Å². The summed E-state index contributed by atoms with van der Waals surface area (Å²) in [5.74, 6) is 0. The number of rotatable bonds is 18. The van der Waals surface area contributed by atoms with Gasteiger partial charge >= 0.3 is 0 Å². The molecule has 0 saturated carbocycles. The second-order valence-electron chi connectivity index (χ2n) is 6.64. The molecule has 0 amide bonds. The predicted molar refractivity (Wildman–Crippen MR) is 97.4 cm³/mol. The molecular formula is C20H42O2. The van der Waals surface area contributed by atoms with Gasteiger partial charge in [0.15, 0.2) is 0 Å². The summed E-state index contributed by atoms with van der Waals surface area (Å²) in [6, 6.07) is 0. The van der Waals surface area contributed by atoms with E-state index in [1.807, 2.05) is 6.92 Å². The van der Waals surface area contributed by atoms with Crippen LogP contribution in [0.1, 0.15) is 110 Å². The minimum absolute atomic E-state index is 0.0716. The number of hydrogen-bond donors (Lipinski definition) is 1. The predicted octanol–water partition coefficient (Wildman–Crippen LogP) is 6.26. The van der Waals surface area contributed by atoms with Crippen molar-refractivity contribution in [2.45, 2.75) is 116 Å². The first-order valence-electron chi connectivity index (χ1n) is 10.1. The molecule has 22 heavy (non-hydrogen) atoms. The molecule has 2 nitrogen and oxygen atoms in total. The van der Waals surface area contributed by atoms with E-state index in [1.54, 1.807) is 0 Å². The number of aliphatic hydroxyl groups is 1. The maximum Gasteiger partial charge on any atom is 0.0805 e. The molecule has 0 bridgehead atoms. The van der Waals surface area contributed by atoms with E-state index in [1.165, 1.54) is 89.9 Å². The average Bonchev–Trinajstić information content (AvgIpc) is 2.54. The van der Waals surface area contributed by atoms with Gasteiger partial charge < -0.3 is 9.84 Å². The van der Waals surface area contributed by atoms with Crippen molar-refractivity contribution in [3.8, 4) is 0 Å². The molecule has 0 aliphatic heterocycles. The molecule has 0 radical (unpaired) electrons. The molecule has 1 N–H and O–H groups in total. The molecule has 0 saturated heterocycles. The van der Waals surface area contributed by atoms with Gasteiger partial charge in [-0.05, 0) is 13.3 Å². The van der Waals surface area contributed by atoms with Crippen LogP contribution in [0.3, 0.4) is 0 Å². The third kappa shape index (κ3) is 16.3. The van der Waals surface area contributed by atoms with Gasteiger partial charge in [-0.1, -0.05) is 96.8 Å². The van der Waals surface area contributed by atoms with Crippen molar-refractivity contribution in [2.24, 2.45) is 0 Å². The van der Waals surface area contributed by atoms with Crippen LogP contribution in [0.5, 0.6) is 0 Å². The number of hydrogen-bond acceptors (Lipinski definition) is 2. The maximum atomic E-state index is 9.14. The van der Waals surface area contributed by atoms with Crippen LogP contribution in [-0.2, 0) is 4.74 Å². The third-order valence-electron chi connectivity index (χ3n) is 4.49. The summed E-state index contributed by atoms with van der Waals surface area (Å²) < 4.78 is 5.45. The molecule has 1 unspecified atom stereocenters. The number of ether oxygens (including phenoxy) is 1. The Morgan fingerprint density at radius 3 is 1.41 bits per heavy atom. The average molecular weight is 315 g/mol. The highest BCUT2D eigenvalue weighted by atomic mass is 16.5. The molecule has 0 fully saturated rings. The molecule has 0 aromatic heterocycles. The Balaban J connectivity index is 3.08. The summed E-state index contributed by atoms with van der Waals surface area (Å²) >= 11 is 0. The van der Waals surface area contributed by atoms with Crippen LogP contribution >= 0.6 is 0 Å². The highest BCUT2D eigenvalue weighted by Crippen LogP contribution is 2.14. The molecule has 1 atom stereocenters. The van der Waals surface area contributed by atoms with Crippen molar-refractivity contribution >= 4 is 0 Å². The molecule has 0 aliphatic rings. The second kappa shape index (κ2) is 19.0. The van der Waals surface area contributed by atoms with Gasteiger partial charge in [-0.15, -0.1) is 0 Å². The topological polar surface area (TPSA) is 29.5 Å². The Morgan fingerprint density at radius 2 is 1.05 bits per heavy atom. The largest absolute Gasteiger partial charge is 0.394 e. The van der Waals surface area contributed by atoms with Gasteiger partial charge in [0.05, 0.1) is 12.7 Å². The Hall–Kier alpha value is -0.0800. The summed E-state index contributed by atoms with van der Waals surface area (Å²) in [6.07, 6.45) is 20.6. The fourth-order valence-corrected chi connectivity index (χ4v) is 3.03. The van der Waals surface area contributed by atoms with Crippen molar-refractivity contribution in [3.05, 3.63) is 0 Å². The lowest BCUT2D eigenvalue weighted by Gasteiger charge is -2.13. The fraction of sp³-hybridized carbons (Fsp3) is 1.00. The molecule has 0 spiro atoms. The molecular weight excluding hydrogens is 272 g/mol. The molecule has 0 aliphatic carbocycles. The maximum absolute atomic E-state index is 9.14. The smallest absolute Gasteiger partial charge is 0.0805 e. The van der Waals surface area contributed by atoms with Crippen molar-refractivity contribution in [1.82, 2.24) is 0 Å². The molecule has 0 rings (SSSR count). The van der Waals surface area contributed by atoms with Crippen molar-refractivity contribution in [1.29, 1.82) is 0 Å². The van der Waals surface area contributed by atoms with Gasteiger partial charge in [-0.25, -0.2) is 0 Å². The van der Waals surface area contributed by atoms with Crippen LogP contribution in [0.25, 0.3) is 0 Å². The lowest BCUT2D eigenvalue weighted by Crippen LogP contribution is -2.17. The number of unbranched alkanes of at least 4 members (excludes halogenated alkanes) is 13. The summed E-state index contributed by atoms with van der Waals surface area (Å²) in [5.41, 5.74) is 0. The Morgan fingerprint density at radius 1 is 0.636 bits per heavy atom. The summed E-state index contributed by atoms with van der Waals surface area (Å²) in [6.45, 7) is 5.16. The quantitative estimate of drug-likeness (QED) is 0.303. The molecule has 0 aromatic rings. The lowest BCUT2D eigenvalue weighted by molar-refractivity contribution is 0.0136. The van der Waals surface area contributed by atoms with Gasteiger partial charge in [0.2, 0.25) is 0 Å². The minimum atomic E-state index is 0.0716.